The van der Waals surface area contributed by atoms with Crippen molar-refractivity contribution in [1.29, 1.82) is 0 Å². The highest BCUT2D eigenvalue weighted by atomic mass is 79.9. The lowest BCUT2D eigenvalue weighted by atomic mass is 10.0. The first-order chi connectivity index (χ1) is 12.2. The van der Waals surface area contributed by atoms with Crippen molar-refractivity contribution in [3.05, 3.63) is 28.8 Å². The molecule has 2 aliphatic rings. The summed E-state index contributed by atoms with van der Waals surface area (Å²) >= 11 is 7.78. The number of piperidine rings is 1. The molecule has 3 rings (SSSR count). The maximum atomic E-state index is 13.1. The second-order valence-electron chi connectivity index (χ2n) is 6.95. The Morgan fingerprint density at radius 2 is 1.85 bits per heavy atom. The van der Waals surface area contributed by atoms with Crippen molar-refractivity contribution in [3.8, 4) is 0 Å². The van der Waals surface area contributed by atoms with Crippen LogP contribution >= 0.6 is 23.4 Å². The number of amidine groups is 1. The summed E-state index contributed by atoms with van der Waals surface area (Å²) in [5, 5.41) is 12.4. The Morgan fingerprint density at radius 1 is 1.22 bits per heavy atom. The topological polar surface area (TPSA) is 63.9 Å². The molecule has 1 aromatic carbocycles. The van der Waals surface area contributed by atoms with Gasteiger partial charge in [-0.25, -0.2) is 13.3 Å². The van der Waals surface area contributed by atoms with Gasteiger partial charge in [-0.2, -0.15) is 4.31 Å². The van der Waals surface area contributed by atoms with Crippen molar-refractivity contribution >= 4 is 38.6 Å². The summed E-state index contributed by atoms with van der Waals surface area (Å²) in [5.41, 5.74) is -0.745. The largest absolute Gasteiger partial charge is 1.00 e. The van der Waals surface area contributed by atoms with E-state index in [-0.39, 0.29) is 26.9 Å². The molecule has 152 valence electrons. The average Bonchev–Trinajstić information content (AvgIpc) is 2.92. The third-order valence-corrected chi connectivity index (χ3v) is 8.78. The van der Waals surface area contributed by atoms with Gasteiger partial charge in [0, 0.05) is 18.7 Å². The third kappa shape index (κ3) is 4.18. The maximum absolute atomic E-state index is 13.1. The van der Waals surface area contributed by atoms with E-state index < -0.39 is 15.7 Å². The van der Waals surface area contributed by atoms with Gasteiger partial charge in [-0.05, 0) is 36.7 Å². The minimum atomic E-state index is -3.67. The Hall–Kier alpha value is -0.320. The van der Waals surface area contributed by atoms with E-state index in [4.69, 9.17) is 11.6 Å². The van der Waals surface area contributed by atoms with Gasteiger partial charge in [-0.1, -0.05) is 24.1 Å². The van der Waals surface area contributed by atoms with Crippen LogP contribution in [0.4, 0.5) is 0 Å². The van der Waals surface area contributed by atoms with E-state index >= 15 is 0 Å². The first-order valence-electron chi connectivity index (χ1n) is 8.61. The zero-order valence-electron chi connectivity index (χ0n) is 15.7. The second-order valence-corrected chi connectivity index (χ2v) is 10.2. The van der Waals surface area contributed by atoms with E-state index in [0.717, 1.165) is 24.4 Å². The van der Waals surface area contributed by atoms with Crippen LogP contribution in [0.3, 0.4) is 0 Å². The molecule has 0 spiro atoms. The molecule has 2 aliphatic heterocycles. The zero-order chi connectivity index (χ0) is 19.1. The highest BCUT2D eigenvalue weighted by Crippen LogP contribution is 2.39. The van der Waals surface area contributed by atoms with Gasteiger partial charge in [0.1, 0.15) is 4.90 Å². The van der Waals surface area contributed by atoms with Crippen molar-refractivity contribution in [1.82, 2.24) is 9.21 Å². The van der Waals surface area contributed by atoms with Gasteiger partial charge in [-0.3, -0.25) is 4.58 Å². The quantitative estimate of drug-likeness (QED) is 0.540. The fourth-order valence-electron chi connectivity index (χ4n) is 3.42. The summed E-state index contributed by atoms with van der Waals surface area (Å²) in [7, 11) is 1.97. The van der Waals surface area contributed by atoms with E-state index in [1.807, 2.05) is 25.7 Å². The third-order valence-electron chi connectivity index (χ3n) is 4.95. The highest BCUT2D eigenvalue weighted by Gasteiger charge is 2.50. The first-order valence-corrected chi connectivity index (χ1v) is 11.4. The minimum Gasteiger partial charge on any atom is -1.00 e. The smallest absolute Gasteiger partial charge is 0.310 e. The summed E-state index contributed by atoms with van der Waals surface area (Å²) in [6.45, 7) is 1.03. The Morgan fingerprint density at radius 3 is 2.41 bits per heavy atom. The van der Waals surface area contributed by atoms with Crippen LogP contribution in [-0.4, -0.2) is 72.5 Å². The van der Waals surface area contributed by atoms with Crippen LogP contribution in [0, 0.1) is 0 Å². The molecule has 1 N–H and O–H groups in total. The van der Waals surface area contributed by atoms with Crippen LogP contribution < -0.4 is 17.0 Å². The molecule has 6 nitrogen and oxygen atoms in total. The van der Waals surface area contributed by atoms with Crippen LogP contribution in [0.15, 0.2) is 23.1 Å². The fourth-order valence-corrected chi connectivity index (χ4v) is 6.73. The first kappa shape index (κ1) is 23.0. The summed E-state index contributed by atoms with van der Waals surface area (Å²) in [5.74, 6) is 0.418. The van der Waals surface area contributed by atoms with E-state index in [2.05, 4.69) is 0 Å². The monoisotopic (exact) mass is 497 g/mol. The van der Waals surface area contributed by atoms with Crippen molar-refractivity contribution < 1.29 is 35.1 Å². The molecule has 27 heavy (non-hydrogen) atoms. The molecular formula is C17H25BrClN3O3S2. The summed E-state index contributed by atoms with van der Waals surface area (Å²) in [4.78, 5) is 1.85. The molecule has 10 heteroatoms. The molecule has 2 heterocycles. The van der Waals surface area contributed by atoms with Gasteiger partial charge in [0.15, 0.2) is 0 Å². The Bertz CT molecular complexity index is 840. The Balaban J connectivity index is 0.00000261. The number of sulfonamides is 1. The zero-order valence-corrected chi connectivity index (χ0v) is 19.6. The van der Waals surface area contributed by atoms with Crippen LogP contribution in [0.1, 0.15) is 24.8 Å². The lowest BCUT2D eigenvalue weighted by Crippen LogP contribution is -3.00. The lowest BCUT2D eigenvalue weighted by molar-refractivity contribution is -0.467. The SMILES string of the molecule is CN1C(=[N+](C)C)SCC1(O)c1ccc(Cl)c(S(=O)(=O)N2CCCCC2)c1.[Br-]. The van der Waals surface area contributed by atoms with E-state index in [9.17, 15) is 13.5 Å². The average molecular weight is 499 g/mol. The van der Waals surface area contributed by atoms with Gasteiger partial charge in [0.25, 0.3) is 0 Å². The molecule has 1 unspecified atom stereocenters. The standard InChI is InChI=1S/C17H25ClN3O3S2.BrH/c1-19(2)16-20(3)17(22,12-25-16)13-7-8-14(18)15(11-13)26(23,24)21-9-5-4-6-10-21;/h7-8,11,22H,4-6,9-10,12H2,1-3H3;1H/q+1;/p-1. The lowest BCUT2D eigenvalue weighted by Gasteiger charge is -2.28. The predicted molar refractivity (Wildman–Crippen MR) is 105 cm³/mol. The summed E-state index contributed by atoms with van der Waals surface area (Å²) in [6, 6.07) is 4.80. The molecule has 2 fully saturated rings. The molecule has 0 saturated carbocycles. The molecule has 0 aromatic heterocycles. The van der Waals surface area contributed by atoms with Gasteiger partial charge in [0.05, 0.1) is 31.9 Å². The molecule has 1 atom stereocenters. The molecule has 0 bridgehead atoms. The van der Waals surface area contributed by atoms with Crippen molar-refractivity contribution in [2.45, 2.75) is 29.9 Å². The van der Waals surface area contributed by atoms with Gasteiger partial charge < -0.3 is 22.1 Å². The molecule has 1 aromatic rings. The van der Waals surface area contributed by atoms with Crippen LogP contribution in [-0.2, 0) is 15.7 Å². The molecule has 2 saturated heterocycles. The number of hydrogen-bond donors (Lipinski definition) is 1. The number of benzene rings is 1. The summed E-state index contributed by atoms with van der Waals surface area (Å²) in [6.07, 6.45) is 2.77. The van der Waals surface area contributed by atoms with Gasteiger partial charge in [-0.15, -0.1) is 0 Å². The van der Waals surface area contributed by atoms with Crippen LogP contribution in [0.5, 0.6) is 0 Å². The second kappa shape index (κ2) is 8.59. The van der Waals surface area contributed by atoms with E-state index in [1.54, 1.807) is 17.0 Å². The normalized spacial score (nSPS) is 24.0. The van der Waals surface area contributed by atoms with Crippen LogP contribution in [0.25, 0.3) is 0 Å². The molecule has 0 amide bonds. The van der Waals surface area contributed by atoms with Gasteiger partial charge in [0.2, 0.25) is 15.7 Å². The predicted octanol–water partition coefficient (Wildman–Crippen LogP) is -1.03. The van der Waals surface area contributed by atoms with Crippen molar-refractivity contribution in [2.75, 3.05) is 40.0 Å². The number of hydrogen-bond acceptors (Lipinski definition) is 4. The van der Waals surface area contributed by atoms with Crippen molar-refractivity contribution in [3.63, 3.8) is 0 Å². The van der Waals surface area contributed by atoms with Crippen LogP contribution in [0.2, 0.25) is 5.02 Å². The van der Waals surface area contributed by atoms with Crippen molar-refractivity contribution in [2.24, 2.45) is 0 Å². The maximum Gasteiger partial charge on any atom is 0.310 e. The number of aliphatic hydroxyl groups is 1. The van der Waals surface area contributed by atoms with E-state index in [1.165, 1.54) is 22.1 Å². The Labute approximate surface area is 181 Å². The Kier molecular flexibility index (Phi) is 7.30. The highest BCUT2D eigenvalue weighted by molar-refractivity contribution is 8.13. The molecule has 0 radical (unpaired) electrons. The van der Waals surface area contributed by atoms with E-state index in [0.29, 0.717) is 24.4 Å². The molecular weight excluding hydrogens is 474 g/mol. The minimum absolute atomic E-state index is 0. The number of nitrogens with zero attached hydrogens (tertiary/aromatic N) is 3. The fraction of sp³-hybridized carbons (Fsp3) is 0.588. The number of halogens is 2. The molecule has 0 aliphatic carbocycles. The van der Waals surface area contributed by atoms with Gasteiger partial charge >= 0.3 is 5.17 Å². The number of thioether (sulfide) groups is 1. The number of rotatable bonds is 3. The summed E-state index contributed by atoms with van der Waals surface area (Å²) < 4.78 is 29.6.